The third kappa shape index (κ3) is 2.66. The van der Waals surface area contributed by atoms with Gasteiger partial charge in [-0.25, -0.2) is 0 Å². The first-order chi connectivity index (χ1) is 10.4. The number of hydrogen-bond acceptors (Lipinski definition) is 3. The van der Waals surface area contributed by atoms with Crippen LogP contribution in [0, 0.1) is 0 Å². The summed E-state index contributed by atoms with van der Waals surface area (Å²) in [5, 5.41) is 0.0412. The fraction of sp³-hybridized carbons (Fsp3) is 0.200. The van der Waals surface area contributed by atoms with E-state index < -0.39 is 11.7 Å². The van der Waals surface area contributed by atoms with Gasteiger partial charge in [-0.15, -0.1) is 0 Å². The standard InChI is InChI=1S/C15H12ClF3N2O/c16-11-7-9(15(17,18)19)1-3-12(11)21-5-6-22-14-8-10(20)2-4-13(14)21/h1-4,7-8H,5-6,20H2. The Kier molecular flexibility index (Phi) is 3.56. The van der Waals surface area contributed by atoms with Gasteiger partial charge in [-0.05, 0) is 30.3 Å². The Morgan fingerprint density at radius 1 is 1.09 bits per heavy atom. The Labute approximate surface area is 130 Å². The topological polar surface area (TPSA) is 38.5 Å². The van der Waals surface area contributed by atoms with Crippen molar-refractivity contribution >= 4 is 28.7 Å². The third-order valence-electron chi connectivity index (χ3n) is 3.41. The fourth-order valence-corrected chi connectivity index (χ4v) is 2.67. The van der Waals surface area contributed by atoms with E-state index in [0.717, 1.165) is 17.8 Å². The summed E-state index contributed by atoms with van der Waals surface area (Å²) in [6.45, 7) is 0.885. The SMILES string of the molecule is Nc1ccc2c(c1)OCCN2c1ccc(C(F)(F)F)cc1Cl. The zero-order chi connectivity index (χ0) is 15.9. The lowest BCUT2D eigenvalue weighted by Gasteiger charge is -2.32. The molecule has 0 fully saturated rings. The van der Waals surface area contributed by atoms with Gasteiger partial charge in [-0.2, -0.15) is 13.2 Å². The minimum Gasteiger partial charge on any atom is -0.489 e. The molecule has 0 unspecified atom stereocenters. The number of nitrogen functional groups attached to an aromatic ring is 1. The van der Waals surface area contributed by atoms with Crippen molar-refractivity contribution in [1.29, 1.82) is 0 Å². The van der Waals surface area contributed by atoms with Crippen LogP contribution >= 0.6 is 11.6 Å². The molecule has 2 aromatic rings. The van der Waals surface area contributed by atoms with Crippen molar-refractivity contribution < 1.29 is 17.9 Å². The highest BCUT2D eigenvalue weighted by molar-refractivity contribution is 6.33. The van der Waals surface area contributed by atoms with Crippen LogP contribution in [-0.4, -0.2) is 13.2 Å². The number of benzene rings is 2. The van der Waals surface area contributed by atoms with E-state index in [1.54, 1.807) is 18.2 Å². The molecule has 1 heterocycles. The first-order valence-corrected chi connectivity index (χ1v) is 6.90. The van der Waals surface area contributed by atoms with E-state index in [1.807, 2.05) is 4.90 Å². The number of nitrogens with two attached hydrogens (primary N) is 1. The summed E-state index contributed by atoms with van der Waals surface area (Å²) in [7, 11) is 0. The molecule has 1 aliphatic rings. The molecule has 0 atom stereocenters. The molecule has 3 rings (SSSR count). The molecule has 0 spiro atoms. The first kappa shape index (κ1) is 14.8. The molecular weight excluding hydrogens is 317 g/mol. The summed E-state index contributed by atoms with van der Waals surface area (Å²) >= 11 is 6.06. The lowest BCUT2D eigenvalue weighted by molar-refractivity contribution is -0.137. The summed E-state index contributed by atoms with van der Waals surface area (Å²) in [5.41, 5.74) is 6.73. The van der Waals surface area contributed by atoms with Crippen LogP contribution < -0.4 is 15.4 Å². The predicted octanol–water partition coefficient (Wildman–Crippen LogP) is 4.47. The first-order valence-electron chi connectivity index (χ1n) is 6.53. The van der Waals surface area contributed by atoms with Crippen molar-refractivity contribution in [3.05, 3.63) is 47.0 Å². The minimum absolute atomic E-state index is 0.0412. The highest BCUT2D eigenvalue weighted by Crippen LogP contribution is 2.42. The molecule has 1 aliphatic heterocycles. The zero-order valence-electron chi connectivity index (χ0n) is 11.3. The molecule has 0 saturated carbocycles. The Bertz CT molecular complexity index is 718. The van der Waals surface area contributed by atoms with Crippen LogP contribution in [0.5, 0.6) is 5.75 Å². The normalized spacial score (nSPS) is 14.5. The van der Waals surface area contributed by atoms with Gasteiger partial charge in [0.05, 0.1) is 28.5 Å². The van der Waals surface area contributed by atoms with Crippen molar-refractivity contribution in [3.63, 3.8) is 0 Å². The van der Waals surface area contributed by atoms with E-state index in [4.69, 9.17) is 22.1 Å². The number of ether oxygens (including phenoxy) is 1. The quantitative estimate of drug-likeness (QED) is 0.785. The number of rotatable bonds is 1. The Balaban J connectivity index is 2.03. The third-order valence-corrected chi connectivity index (χ3v) is 3.72. The van der Waals surface area contributed by atoms with Gasteiger partial charge in [0.2, 0.25) is 0 Å². The summed E-state index contributed by atoms with van der Waals surface area (Å²) in [4.78, 5) is 1.82. The van der Waals surface area contributed by atoms with E-state index >= 15 is 0 Å². The zero-order valence-corrected chi connectivity index (χ0v) is 12.1. The average Bonchev–Trinajstić information content (AvgIpc) is 2.45. The number of hydrogen-bond donors (Lipinski definition) is 1. The largest absolute Gasteiger partial charge is 0.489 e. The molecule has 0 bridgehead atoms. The molecular formula is C15H12ClF3N2O. The molecule has 0 saturated heterocycles. The van der Waals surface area contributed by atoms with Gasteiger partial charge >= 0.3 is 6.18 Å². The monoisotopic (exact) mass is 328 g/mol. The van der Waals surface area contributed by atoms with Gasteiger partial charge < -0.3 is 15.4 Å². The summed E-state index contributed by atoms with van der Waals surface area (Å²) in [5.74, 6) is 0.585. The summed E-state index contributed by atoms with van der Waals surface area (Å²) < 4.78 is 43.7. The van der Waals surface area contributed by atoms with Crippen molar-refractivity contribution in [3.8, 4) is 5.75 Å². The van der Waals surface area contributed by atoms with E-state index in [9.17, 15) is 13.2 Å². The Morgan fingerprint density at radius 2 is 1.82 bits per heavy atom. The van der Waals surface area contributed by atoms with Crippen LogP contribution in [0.2, 0.25) is 5.02 Å². The fourth-order valence-electron chi connectivity index (χ4n) is 2.39. The van der Waals surface area contributed by atoms with Gasteiger partial charge in [0.15, 0.2) is 0 Å². The van der Waals surface area contributed by atoms with E-state index in [1.165, 1.54) is 6.07 Å². The van der Waals surface area contributed by atoms with Crippen LogP contribution in [0.25, 0.3) is 0 Å². The van der Waals surface area contributed by atoms with Crippen LogP contribution in [0.3, 0.4) is 0 Å². The molecule has 0 amide bonds. The smallest absolute Gasteiger partial charge is 0.416 e. The molecule has 0 aliphatic carbocycles. The second-order valence-electron chi connectivity index (χ2n) is 4.89. The van der Waals surface area contributed by atoms with Gasteiger partial charge in [-0.1, -0.05) is 11.6 Å². The van der Waals surface area contributed by atoms with Crippen LogP contribution in [-0.2, 0) is 6.18 Å². The number of alkyl halides is 3. The van der Waals surface area contributed by atoms with Gasteiger partial charge in [0.25, 0.3) is 0 Å². The minimum atomic E-state index is -4.42. The lowest BCUT2D eigenvalue weighted by Crippen LogP contribution is -2.28. The highest BCUT2D eigenvalue weighted by atomic mass is 35.5. The number of anilines is 3. The molecule has 22 heavy (non-hydrogen) atoms. The second kappa shape index (κ2) is 5.28. The number of halogens is 4. The Hall–Kier alpha value is -2.08. The summed E-state index contributed by atoms with van der Waals surface area (Å²) in [6.07, 6.45) is -4.42. The maximum atomic E-state index is 12.7. The van der Waals surface area contributed by atoms with E-state index in [2.05, 4.69) is 0 Å². The van der Waals surface area contributed by atoms with Crippen molar-refractivity contribution in [1.82, 2.24) is 0 Å². The van der Waals surface area contributed by atoms with Crippen molar-refractivity contribution in [2.75, 3.05) is 23.8 Å². The molecule has 2 N–H and O–H groups in total. The second-order valence-corrected chi connectivity index (χ2v) is 5.30. The molecule has 116 valence electrons. The lowest BCUT2D eigenvalue weighted by atomic mass is 10.1. The van der Waals surface area contributed by atoms with Crippen LogP contribution in [0.4, 0.5) is 30.2 Å². The predicted molar refractivity (Wildman–Crippen MR) is 79.8 cm³/mol. The molecule has 7 heteroatoms. The van der Waals surface area contributed by atoms with Crippen LogP contribution in [0.15, 0.2) is 36.4 Å². The number of nitrogens with zero attached hydrogens (tertiary/aromatic N) is 1. The van der Waals surface area contributed by atoms with E-state index in [0.29, 0.717) is 30.3 Å². The Morgan fingerprint density at radius 3 is 2.50 bits per heavy atom. The van der Waals surface area contributed by atoms with Crippen molar-refractivity contribution in [2.45, 2.75) is 6.18 Å². The van der Waals surface area contributed by atoms with Gasteiger partial charge in [0, 0.05) is 11.8 Å². The van der Waals surface area contributed by atoms with Gasteiger partial charge in [-0.3, -0.25) is 0 Å². The summed E-state index contributed by atoms with van der Waals surface area (Å²) in [6, 6.07) is 8.48. The maximum Gasteiger partial charge on any atom is 0.416 e. The molecule has 0 aromatic heterocycles. The number of fused-ring (bicyclic) bond motifs is 1. The van der Waals surface area contributed by atoms with E-state index in [-0.39, 0.29) is 5.02 Å². The molecule has 0 radical (unpaired) electrons. The highest BCUT2D eigenvalue weighted by Gasteiger charge is 2.31. The van der Waals surface area contributed by atoms with Crippen molar-refractivity contribution in [2.24, 2.45) is 0 Å². The van der Waals surface area contributed by atoms with Crippen LogP contribution in [0.1, 0.15) is 5.56 Å². The maximum absolute atomic E-state index is 12.7. The van der Waals surface area contributed by atoms with Gasteiger partial charge in [0.1, 0.15) is 12.4 Å². The molecule has 2 aromatic carbocycles. The molecule has 3 nitrogen and oxygen atoms in total. The average molecular weight is 329 g/mol.